The van der Waals surface area contributed by atoms with E-state index in [2.05, 4.69) is 28.2 Å². The standard InChI is InChI=1S/C40H76N4O10/c1-2-3-23-43-39(48)35-53-28-19-27-51-29-25-41-33-36(45)34-54-32-31-52-30-26-44-38(47)21-18-24-42-37(46)20-16-14-12-10-8-6-4-5-7-9-11-13-15-17-22-40(49)50/h41H,2-35H2,1H3,(H,42,46)(H,43,48)(H,44,47)(H,49,50). The number of amides is 3. The summed E-state index contributed by atoms with van der Waals surface area (Å²) in [5.41, 5.74) is 0. The van der Waals surface area contributed by atoms with Gasteiger partial charge in [0, 0.05) is 58.7 Å². The van der Waals surface area contributed by atoms with E-state index < -0.39 is 5.97 Å². The third-order valence-corrected chi connectivity index (χ3v) is 8.56. The number of carbonyl (C=O) groups excluding carboxylic acids is 4. The minimum atomic E-state index is -0.692. The van der Waals surface area contributed by atoms with Crippen molar-refractivity contribution in [1.29, 1.82) is 0 Å². The van der Waals surface area contributed by atoms with Crippen molar-refractivity contribution in [3.05, 3.63) is 0 Å². The lowest BCUT2D eigenvalue weighted by Gasteiger charge is -2.08. The van der Waals surface area contributed by atoms with Gasteiger partial charge in [0.2, 0.25) is 17.7 Å². The Morgan fingerprint density at radius 3 is 1.52 bits per heavy atom. The van der Waals surface area contributed by atoms with E-state index in [0.29, 0.717) is 91.3 Å². The summed E-state index contributed by atoms with van der Waals surface area (Å²) in [6.07, 6.45) is 20.6. The van der Waals surface area contributed by atoms with E-state index in [1.807, 2.05) is 0 Å². The van der Waals surface area contributed by atoms with Crippen LogP contribution >= 0.6 is 0 Å². The minimum Gasteiger partial charge on any atom is -0.481 e. The molecule has 5 N–H and O–H groups in total. The number of rotatable bonds is 43. The fourth-order valence-corrected chi connectivity index (χ4v) is 5.41. The van der Waals surface area contributed by atoms with Crippen LogP contribution in [0.3, 0.4) is 0 Å². The molecule has 0 aromatic heterocycles. The first kappa shape index (κ1) is 51.4. The van der Waals surface area contributed by atoms with E-state index in [1.165, 1.54) is 57.8 Å². The summed E-state index contributed by atoms with van der Waals surface area (Å²) < 4.78 is 21.6. The van der Waals surface area contributed by atoms with E-state index in [4.69, 9.17) is 24.1 Å². The molecule has 0 fully saturated rings. The van der Waals surface area contributed by atoms with Crippen molar-refractivity contribution in [3.63, 3.8) is 0 Å². The molecule has 0 atom stereocenters. The second-order valence-corrected chi connectivity index (χ2v) is 13.7. The highest BCUT2D eigenvalue weighted by molar-refractivity contribution is 5.81. The van der Waals surface area contributed by atoms with Crippen LogP contribution in [0.2, 0.25) is 0 Å². The number of hydrogen-bond acceptors (Lipinski definition) is 10. The predicted molar refractivity (Wildman–Crippen MR) is 210 cm³/mol. The molecule has 0 radical (unpaired) electrons. The first-order valence-electron chi connectivity index (χ1n) is 20.9. The van der Waals surface area contributed by atoms with E-state index in [0.717, 1.165) is 44.9 Å². The number of aliphatic carboxylic acids is 1. The largest absolute Gasteiger partial charge is 0.481 e. The van der Waals surface area contributed by atoms with Crippen LogP contribution in [0.1, 0.15) is 142 Å². The van der Waals surface area contributed by atoms with Gasteiger partial charge in [-0.25, -0.2) is 0 Å². The fraction of sp³-hybridized carbons (Fsp3) is 0.875. The molecule has 0 spiro atoms. The van der Waals surface area contributed by atoms with Crippen molar-refractivity contribution in [3.8, 4) is 0 Å². The van der Waals surface area contributed by atoms with Gasteiger partial charge in [-0.15, -0.1) is 0 Å². The van der Waals surface area contributed by atoms with Gasteiger partial charge in [-0.1, -0.05) is 90.4 Å². The van der Waals surface area contributed by atoms with Crippen LogP contribution in [-0.2, 0) is 42.9 Å². The second-order valence-electron chi connectivity index (χ2n) is 13.7. The highest BCUT2D eigenvalue weighted by atomic mass is 16.5. The lowest BCUT2D eigenvalue weighted by atomic mass is 10.0. The van der Waals surface area contributed by atoms with Crippen LogP contribution in [0.25, 0.3) is 0 Å². The van der Waals surface area contributed by atoms with Gasteiger partial charge >= 0.3 is 5.97 Å². The number of Topliss-reactive ketones (excluding diaryl/α,β-unsaturated/α-hetero) is 1. The molecule has 316 valence electrons. The molecule has 0 aliphatic rings. The third-order valence-electron chi connectivity index (χ3n) is 8.56. The Hall–Kier alpha value is -2.65. The molecule has 14 heteroatoms. The molecule has 0 aromatic carbocycles. The van der Waals surface area contributed by atoms with Gasteiger partial charge in [0.05, 0.1) is 33.0 Å². The van der Waals surface area contributed by atoms with Crippen LogP contribution in [0.5, 0.6) is 0 Å². The summed E-state index contributed by atoms with van der Waals surface area (Å²) in [5.74, 6) is -0.884. The van der Waals surface area contributed by atoms with Crippen LogP contribution in [0, 0.1) is 0 Å². The van der Waals surface area contributed by atoms with Gasteiger partial charge in [0.1, 0.15) is 13.2 Å². The fourth-order valence-electron chi connectivity index (χ4n) is 5.41. The first-order chi connectivity index (χ1) is 26.3. The zero-order chi connectivity index (χ0) is 39.6. The highest BCUT2D eigenvalue weighted by Crippen LogP contribution is 2.13. The number of carbonyl (C=O) groups is 5. The summed E-state index contributed by atoms with van der Waals surface area (Å²) in [6.45, 7) is 6.84. The van der Waals surface area contributed by atoms with Crippen molar-refractivity contribution in [1.82, 2.24) is 21.3 Å². The van der Waals surface area contributed by atoms with Gasteiger partial charge in [-0.2, -0.15) is 0 Å². The van der Waals surface area contributed by atoms with Crippen LogP contribution in [-0.4, -0.2) is 120 Å². The molecule has 0 aliphatic heterocycles. The summed E-state index contributed by atoms with van der Waals surface area (Å²) in [5, 5.41) is 20.2. The Kier molecular flexibility index (Phi) is 39.5. The lowest BCUT2D eigenvalue weighted by Crippen LogP contribution is -2.30. The molecule has 0 aliphatic carbocycles. The van der Waals surface area contributed by atoms with Crippen LogP contribution < -0.4 is 21.3 Å². The smallest absolute Gasteiger partial charge is 0.303 e. The molecule has 0 heterocycles. The maximum Gasteiger partial charge on any atom is 0.303 e. The van der Waals surface area contributed by atoms with Crippen molar-refractivity contribution < 1.29 is 48.0 Å². The van der Waals surface area contributed by atoms with Gasteiger partial charge < -0.3 is 45.3 Å². The number of hydrogen-bond donors (Lipinski definition) is 5. The third kappa shape index (κ3) is 42.1. The highest BCUT2D eigenvalue weighted by Gasteiger charge is 2.05. The quantitative estimate of drug-likeness (QED) is 0.0533. The van der Waals surface area contributed by atoms with E-state index >= 15 is 0 Å². The predicted octanol–water partition coefficient (Wildman–Crippen LogP) is 4.86. The molecule has 0 unspecified atom stereocenters. The maximum atomic E-state index is 12.1. The molecule has 0 aromatic rings. The van der Waals surface area contributed by atoms with Gasteiger partial charge in [0.15, 0.2) is 5.78 Å². The second kappa shape index (κ2) is 41.5. The number of ketones is 1. The number of unbranched alkanes of at least 4 members (excludes halogenated alkanes) is 14. The molecular weight excluding hydrogens is 696 g/mol. The molecule has 14 nitrogen and oxygen atoms in total. The number of ether oxygens (including phenoxy) is 4. The molecule has 0 bridgehead atoms. The Morgan fingerprint density at radius 2 is 0.889 bits per heavy atom. The summed E-state index contributed by atoms with van der Waals surface area (Å²) in [7, 11) is 0. The minimum absolute atomic E-state index is 0.00215. The number of carboxylic acid groups (broad SMARTS) is 1. The Labute approximate surface area is 325 Å². The molecule has 54 heavy (non-hydrogen) atoms. The SMILES string of the molecule is CCCCNC(=O)COCCCOCCNCC(=O)COCCOCCNC(=O)CCCNC(=O)CCCCCCCCCCCCCCCCC(=O)O. The van der Waals surface area contributed by atoms with Crippen molar-refractivity contribution in [2.45, 2.75) is 142 Å². The molecule has 0 saturated heterocycles. The maximum absolute atomic E-state index is 12.1. The Balaban J connectivity index is 3.35. The summed E-state index contributed by atoms with van der Waals surface area (Å²) in [4.78, 5) is 58.0. The van der Waals surface area contributed by atoms with Crippen molar-refractivity contribution in [2.24, 2.45) is 0 Å². The van der Waals surface area contributed by atoms with Gasteiger partial charge in [-0.3, -0.25) is 24.0 Å². The Morgan fingerprint density at radius 1 is 0.426 bits per heavy atom. The normalized spacial score (nSPS) is 11.1. The average Bonchev–Trinajstić information content (AvgIpc) is 3.15. The zero-order valence-corrected chi connectivity index (χ0v) is 33.7. The van der Waals surface area contributed by atoms with Crippen LogP contribution in [0.4, 0.5) is 0 Å². The van der Waals surface area contributed by atoms with Gasteiger partial charge in [0.25, 0.3) is 0 Å². The zero-order valence-electron chi connectivity index (χ0n) is 33.7. The number of carboxylic acids is 1. The molecule has 3 amide bonds. The van der Waals surface area contributed by atoms with E-state index in [-0.39, 0.29) is 49.9 Å². The topological polar surface area (TPSA) is 191 Å². The van der Waals surface area contributed by atoms with Gasteiger partial charge in [-0.05, 0) is 32.1 Å². The summed E-state index contributed by atoms with van der Waals surface area (Å²) >= 11 is 0. The first-order valence-corrected chi connectivity index (χ1v) is 20.9. The van der Waals surface area contributed by atoms with Crippen molar-refractivity contribution in [2.75, 3.05) is 85.6 Å². The molecular formula is C40H76N4O10. The van der Waals surface area contributed by atoms with Crippen molar-refractivity contribution >= 4 is 29.5 Å². The molecule has 0 rings (SSSR count). The van der Waals surface area contributed by atoms with E-state index in [1.54, 1.807) is 0 Å². The monoisotopic (exact) mass is 773 g/mol. The van der Waals surface area contributed by atoms with Crippen LogP contribution in [0.15, 0.2) is 0 Å². The lowest BCUT2D eigenvalue weighted by molar-refractivity contribution is -0.137. The summed E-state index contributed by atoms with van der Waals surface area (Å²) in [6, 6.07) is 0. The molecule has 0 saturated carbocycles. The average molecular weight is 773 g/mol. The number of nitrogens with one attached hydrogen (secondary N) is 4. The Bertz CT molecular complexity index is 925. The van der Waals surface area contributed by atoms with E-state index in [9.17, 15) is 24.0 Å².